The van der Waals surface area contributed by atoms with Crippen molar-refractivity contribution >= 4 is 33.2 Å². The summed E-state index contributed by atoms with van der Waals surface area (Å²) in [6, 6.07) is 9.71. The van der Waals surface area contributed by atoms with Gasteiger partial charge in [-0.05, 0) is 36.1 Å². The molecule has 6 heteroatoms. The van der Waals surface area contributed by atoms with Gasteiger partial charge in [0.25, 0.3) is 5.56 Å². The molecule has 0 saturated heterocycles. The Bertz CT molecular complexity index is 810. The fourth-order valence-electron chi connectivity index (χ4n) is 2.12. The first-order valence-corrected chi connectivity index (χ1v) is 7.84. The lowest BCUT2D eigenvalue weighted by Crippen LogP contribution is -2.21. The molecule has 0 radical (unpaired) electrons. The van der Waals surface area contributed by atoms with Gasteiger partial charge in [0, 0.05) is 11.1 Å². The van der Waals surface area contributed by atoms with Crippen LogP contribution in [0.2, 0.25) is 5.02 Å². The lowest BCUT2D eigenvalue weighted by atomic mass is 10.1. The first-order valence-electron chi connectivity index (χ1n) is 6.59. The van der Waals surface area contributed by atoms with Crippen LogP contribution < -0.4 is 10.9 Å². The molecule has 0 unspecified atom stereocenters. The lowest BCUT2D eigenvalue weighted by Gasteiger charge is -2.13. The number of thiophene rings is 1. The zero-order valence-corrected chi connectivity index (χ0v) is 13.0. The topological polar surface area (TPSA) is 57.8 Å². The number of nitrogens with one attached hydrogen (secondary N) is 2. The third-order valence-electron chi connectivity index (χ3n) is 3.31. The summed E-state index contributed by atoms with van der Waals surface area (Å²) in [6.07, 6.45) is 0. The highest BCUT2D eigenvalue weighted by Gasteiger charge is 2.08. The van der Waals surface area contributed by atoms with Gasteiger partial charge in [-0.25, -0.2) is 4.98 Å². The molecule has 0 fully saturated rings. The maximum Gasteiger partial charge on any atom is 0.268 e. The maximum absolute atomic E-state index is 11.9. The van der Waals surface area contributed by atoms with E-state index in [1.165, 1.54) is 11.3 Å². The summed E-state index contributed by atoms with van der Waals surface area (Å²) < 4.78 is 0.671. The fourth-order valence-corrected chi connectivity index (χ4v) is 2.98. The summed E-state index contributed by atoms with van der Waals surface area (Å²) >= 11 is 7.29. The Hall–Kier alpha value is -1.69. The van der Waals surface area contributed by atoms with Crippen molar-refractivity contribution in [2.24, 2.45) is 0 Å². The summed E-state index contributed by atoms with van der Waals surface area (Å²) in [4.78, 5) is 19.1. The number of fused-ring (bicyclic) bond motifs is 1. The van der Waals surface area contributed by atoms with Crippen LogP contribution in [0.3, 0.4) is 0 Å². The molecule has 0 aliphatic rings. The maximum atomic E-state index is 11.9. The van der Waals surface area contributed by atoms with Crippen molar-refractivity contribution in [1.29, 1.82) is 0 Å². The van der Waals surface area contributed by atoms with Gasteiger partial charge in [-0.15, -0.1) is 11.3 Å². The van der Waals surface area contributed by atoms with E-state index >= 15 is 0 Å². The second-order valence-corrected chi connectivity index (χ2v) is 6.15. The van der Waals surface area contributed by atoms with Crippen molar-refractivity contribution in [3.8, 4) is 0 Å². The second-order valence-electron chi connectivity index (χ2n) is 4.80. The van der Waals surface area contributed by atoms with Gasteiger partial charge in [0.1, 0.15) is 10.5 Å². The van der Waals surface area contributed by atoms with Crippen LogP contribution in [0.1, 0.15) is 24.4 Å². The standard InChI is InChI=1S/C15H14ClN3OS/c1-9(10-2-4-11(16)5-3-10)17-8-13-18-12-6-7-21-14(12)15(20)19-13/h2-7,9,17H,8H2,1H3,(H,18,19,20)/t9-/m0/s1. The molecule has 21 heavy (non-hydrogen) atoms. The van der Waals surface area contributed by atoms with E-state index in [1.54, 1.807) is 0 Å². The predicted molar refractivity (Wildman–Crippen MR) is 86.9 cm³/mol. The summed E-state index contributed by atoms with van der Waals surface area (Å²) in [5.41, 5.74) is 1.81. The van der Waals surface area contributed by atoms with Crippen LogP contribution in [0.4, 0.5) is 0 Å². The van der Waals surface area contributed by atoms with Gasteiger partial charge in [-0.3, -0.25) is 4.79 Å². The van der Waals surface area contributed by atoms with Gasteiger partial charge in [0.15, 0.2) is 0 Å². The molecule has 0 spiro atoms. The molecule has 0 saturated carbocycles. The Morgan fingerprint density at radius 3 is 2.86 bits per heavy atom. The number of aromatic amines is 1. The number of rotatable bonds is 4. The van der Waals surface area contributed by atoms with Crippen molar-refractivity contribution < 1.29 is 0 Å². The number of hydrogen-bond donors (Lipinski definition) is 2. The van der Waals surface area contributed by atoms with Crippen LogP contribution in [0.25, 0.3) is 10.2 Å². The molecular formula is C15H14ClN3OS. The normalized spacial score (nSPS) is 12.7. The van der Waals surface area contributed by atoms with E-state index in [4.69, 9.17) is 11.6 Å². The minimum Gasteiger partial charge on any atom is -0.308 e. The number of halogens is 1. The SMILES string of the molecule is C[C@H](NCc1nc2ccsc2c(=O)[nH]1)c1ccc(Cl)cc1. The van der Waals surface area contributed by atoms with Gasteiger partial charge in [0.05, 0.1) is 12.1 Å². The van der Waals surface area contributed by atoms with E-state index < -0.39 is 0 Å². The van der Waals surface area contributed by atoms with E-state index in [0.717, 1.165) is 16.1 Å². The molecule has 0 aliphatic heterocycles. The summed E-state index contributed by atoms with van der Waals surface area (Å²) in [5.74, 6) is 0.645. The van der Waals surface area contributed by atoms with Crippen molar-refractivity contribution in [1.82, 2.24) is 15.3 Å². The molecule has 108 valence electrons. The Labute approximate surface area is 130 Å². The van der Waals surface area contributed by atoms with Crippen LogP contribution in [-0.4, -0.2) is 9.97 Å². The predicted octanol–water partition coefficient (Wildman–Crippen LogP) is 3.49. The Kier molecular flexibility index (Phi) is 4.05. The van der Waals surface area contributed by atoms with Crippen LogP contribution in [0.5, 0.6) is 0 Å². The van der Waals surface area contributed by atoms with Crippen LogP contribution in [0.15, 0.2) is 40.5 Å². The third kappa shape index (κ3) is 3.15. The summed E-state index contributed by atoms with van der Waals surface area (Å²) in [5, 5.41) is 5.94. The number of benzene rings is 1. The number of hydrogen-bond acceptors (Lipinski definition) is 4. The molecular weight excluding hydrogens is 306 g/mol. The average Bonchev–Trinajstić information content (AvgIpc) is 2.94. The highest BCUT2D eigenvalue weighted by molar-refractivity contribution is 7.17. The van der Waals surface area contributed by atoms with Crippen LogP contribution in [-0.2, 0) is 6.54 Å². The molecule has 2 N–H and O–H groups in total. The minimum absolute atomic E-state index is 0.0778. The minimum atomic E-state index is -0.0778. The molecule has 0 aliphatic carbocycles. The van der Waals surface area contributed by atoms with Crippen molar-refractivity contribution in [2.75, 3.05) is 0 Å². The summed E-state index contributed by atoms with van der Waals surface area (Å²) in [7, 11) is 0. The molecule has 4 nitrogen and oxygen atoms in total. The van der Waals surface area contributed by atoms with Crippen LogP contribution in [0, 0.1) is 0 Å². The molecule has 2 heterocycles. The monoisotopic (exact) mass is 319 g/mol. The van der Waals surface area contributed by atoms with Crippen molar-refractivity contribution in [3.63, 3.8) is 0 Å². The number of nitrogens with zero attached hydrogens (tertiary/aromatic N) is 1. The molecule has 0 bridgehead atoms. The van der Waals surface area contributed by atoms with E-state index in [-0.39, 0.29) is 11.6 Å². The quantitative estimate of drug-likeness (QED) is 0.774. The third-order valence-corrected chi connectivity index (χ3v) is 4.46. The molecule has 3 rings (SSSR count). The van der Waals surface area contributed by atoms with Gasteiger partial charge in [-0.2, -0.15) is 0 Å². The molecule has 3 aromatic rings. The van der Waals surface area contributed by atoms with Gasteiger partial charge < -0.3 is 10.3 Å². The van der Waals surface area contributed by atoms with E-state index in [1.807, 2.05) is 35.7 Å². The van der Waals surface area contributed by atoms with Crippen LogP contribution >= 0.6 is 22.9 Å². The second kappa shape index (κ2) is 5.97. The number of aromatic nitrogens is 2. The molecule has 1 aromatic carbocycles. The van der Waals surface area contributed by atoms with Gasteiger partial charge in [0.2, 0.25) is 0 Å². The zero-order chi connectivity index (χ0) is 14.8. The number of H-pyrrole nitrogens is 1. The van der Waals surface area contributed by atoms with E-state index in [2.05, 4.69) is 22.2 Å². The van der Waals surface area contributed by atoms with E-state index in [0.29, 0.717) is 17.1 Å². The van der Waals surface area contributed by atoms with E-state index in [9.17, 15) is 4.79 Å². The first kappa shape index (κ1) is 14.3. The summed E-state index contributed by atoms with van der Waals surface area (Å²) in [6.45, 7) is 2.56. The zero-order valence-electron chi connectivity index (χ0n) is 11.4. The first-order chi connectivity index (χ1) is 10.1. The van der Waals surface area contributed by atoms with Gasteiger partial charge >= 0.3 is 0 Å². The fraction of sp³-hybridized carbons (Fsp3) is 0.200. The highest BCUT2D eigenvalue weighted by Crippen LogP contribution is 2.17. The Morgan fingerprint density at radius 2 is 2.10 bits per heavy atom. The smallest absolute Gasteiger partial charge is 0.268 e. The molecule has 1 atom stereocenters. The molecule has 2 aromatic heterocycles. The Morgan fingerprint density at radius 1 is 1.33 bits per heavy atom. The van der Waals surface area contributed by atoms with Crippen molar-refractivity contribution in [3.05, 3.63) is 62.5 Å². The largest absolute Gasteiger partial charge is 0.308 e. The lowest BCUT2D eigenvalue weighted by molar-refractivity contribution is 0.559. The Balaban J connectivity index is 1.73. The highest BCUT2D eigenvalue weighted by atomic mass is 35.5. The van der Waals surface area contributed by atoms with Gasteiger partial charge in [-0.1, -0.05) is 23.7 Å². The van der Waals surface area contributed by atoms with Crippen molar-refractivity contribution in [2.45, 2.75) is 19.5 Å². The molecule has 0 amide bonds. The average molecular weight is 320 g/mol.